The molecule has 2 unspecified atom stereocenters. The Bertz CT molecular complexity index is 151. The Balaban J connectivity index is 2.13. The van der Waals surface area contributed by atoms with Gasteiger partial charge in [0.05, 0.1) is 0 Å². The van der Waals surface area contributed by atoms with E-state index in [0.29, 0.717) is 0 Å². The lowest BCUT2D eigenvalue weighted by Crippen LogP contribution is -2.05. The predicted octanol–water partition coefficient (Wildman–Crippen LogP) is 3.11. The lowest BCUT2D eigenvalue weighted by atomic mass is 9.99. The Kier molecular flexibility index (Phi) is 5.14. The minimum absolute atomic E-state index is 0.877. The molecule has 0 heterocycles. The van der Waals surface area contributed by atoms with Crippen LogP contribution < -0.4 is 5.73 Å². The summed E-state index contributed by atoms with van der Waals surface area (Å²) in [7, 11) is 0. The number of hydrogen-bond donors (Lipinski definition) is 1. The third kappa shape index (κ3) is 3.95. The fourth-order valence-corrected chi connectivity index (χ4v) is 2.35. The summed E-state index contributed by atoms with van der Waals surface area (Å²) in [5, 5.41) is 0. The van der Waals surface area contributed by atoms with Crippen molar-refractivity contribution in [1.29, 1.82) is 0 Å². The normalized spacial score (nSPS) is 28.8. The van der Waals surface area contributed by atoms with E-state index < -0.39 is 0 Å². The first-order chi connectivity index (χ1) is 6.36. The van der Waals surface area contributed by atoms with Crippen LogP contribution >= 0.6 is 0 Å². The van der Waals surface area contributed by atoms with Crippen LogP contribution in [0, 0.1) is 11.8 Å². The number of hydrogen-bond acceptors (Lipinski definition) is 1. The molecule has 2 atom stereocenters. The first kappa shape index (κ1) is 10.8. The van der Waals surface area contributed by atoms with Gasteiger partial charge < -0.3 is 5.73 Å². The average molecular weight is 181 g/mol. The minimum atomic E-state index is 0.877. The number of nitrogens with two attached hydrogens (primary N) is 1. The van der Waals surface area contributed by atoms with Crippen molar-refractivity contribution in [3.8, 4) is 0 Å². The van der Waals surface area contributed by atoms with Gasteiger partial charge in [0, 0.05) is 0 Å². The summed E-state index contributed by atoms with van der Waals surface area (Å²) in [5.74, 6) is 1.89. The zero-order valence-corrected chi connectivity index (χ0v) is 8.84. The van der Waals surface area contributed by atoms with Gasteiger partial charge >= 0.3 is 0 Å². The molecule has 1 saturated carbocycles. The summed E-state index contributed by atoms with van der Waals surface area (Å²) < 4.78 is 0. The second kappa shape index (κ2) is 6.20. The lowest BCUT2D eigenvalue weighted by Gasteiger charge is -2.07. The second-order valence-electron chi connectivity index (χ2n) is 4.24. The molecule has 0 bridgehead atoms. The maximum absolute atomic E-state index is 5.56. The van der Waals surface area contributed by atoms with E-state index in [-0.39, 0.29) is 0 Å². The van der Waals surface area contributed by atoms with E-state index in [1.165, 1.54) is 38.5 Å². The highest BCUT2D eigenvalue weighted by Crippen LogP contribution is 2.34. The number of allylic oxidation sites excluding steroid dienone is 2. The largest absolute Gasteiger partial charge is 0.330 e. The van der Waals surface area contributed by atoms with E-state index in [2.05, 4.69) is 19.1 Å². The lowest BCUT2D eigenvalue weighted by molar-refractivity contribution is 0.472. The van der Waals surface area contributed by atoms with Crippen LogP contribution in [0.2, 0.25) is 0 Å². The van der Waals surface area contributed by atoms with Gasteiger partial charge in [0.1, 0.15) is 0 Å². The quantitative estimate of drug-likeness (QED) is 0.648. The first-order valence-electron chi connectivity index (χ1n) is 5.71. The summed E-state index contributed by atoms with van der Waals surface area (Å²) in [6, 6.07) is 0. The van der Waals surface area contributed by atoms with Gasteiger partial charge in [-0.2, -0.15) is 0 Å². The molecule has 1 nitrogen and oxygen atoms in total. The first-order valence-corrected chi connectivity index (χ1v) is 5.71. The van der Waals surface area contributed by atoms with Crippen LogP contribution in [-0.2, 0) is 0 Å². The van der Waals surface area contributed by atoms with Crippen molar-refractivity contribution in [3.63, 3.8) is 0 Å². The Hall–Kier alpha value is -0.300. The van der Waals surface area contributed by atoms with Gasteiger partial charge in [-0.1, -0.05) is 25.5 Å². The second-order valence-corrected chi connectivity index (χ2v) is 4.24. The molecule has 0 aromatic carbocycles. The van der Waals surface area contributed by atoms with Gasteiger partial charge in [0.25, 0.3) is 0 Å². The van der Waals surface area contributed by atoms with Crippen molar-refractivity contribution in [2.24, 2.45) is 17.6 Å². The molecular formula is C12H23N. The van der Waals surface area contributed by atoms with Crippen LogP contribution in [0.1, 0.15) is 45.4 Å². The van der Waals surface area contributed by atoms with Crippen molar-refractivity contribution in [1.82, 2.24) is 0 Å². The molecule has 0 aromatic heterocycles. The van der Waals surface area contributed by atoms with Crippen molar-refractivity contribution in [3.05, 3.63) is 12.2 Å². The Morgan fingerprint density at radius 2 is 2.00 bits per heavy atom. The molecule has 0 radical (unpaired) electrons. The zero-order valence-electron chi connectivity index (χ0n) is 8.84. The molecule has 1 aliphatic rings. The number of rotatable bonds is 5. The SMILES string of the molecule is CC/C=C/CC1CCC(CCN)C1. The summed E-state index contributed by atoms with van der Waals surface area (Å²) in [6.07, 6.45) is 12.6. The summed E-state index contributed by atoms with van der Waals surface area (Å²) in [5.41, 5.74) is 5.56. The maximum Gasteiger partial charge on any atom is -0.00746 e. The monoisotopic (exact) mass is 181 g/mol. The van der Waals surface area contributed by atoms with Gasteiger partial charge in [-0.15, -0.1) is 0 Å². The van der Waals surface area contributed by atoms with E-state index in [0.717, 1.165) is 18.4 Å². The van der Waals surface area contributed by atoms with Gasteiger partial charge in [-0.3, -0.25) is 0 Å². The Labute approximate surface area is 82.4 Å². The Morgan fingerprint density at radius 3 is 2.69 bits per heavy atom. The molecule has 13 heavy (non-hydrogen) atoms. The van der Waals surface area contributed by atoms with Crippen LogP contribution in [0.4, 0.5) is 0 Å². The summed E-state index contributed by atoms with van der Waals surface area (Å²) >= 11 is 0. The van der Waals surface area contributed by atoms with Crippen molar-refractivity contribution in [2.45, 2.75) is 45.4 Å². The van der Waals surface area contributed by atoms with E-state index in [4.69, 9.17) is 5.73 Å². The van der Waals surface area contributed by atoms with Crippen LogP contribution in [0.15, 0.2) is 12.2 Å². The topological polar surface area (TPSA) is 26.0 Å². The Morgan fingerprint density at radius 1 is 1.23 bits per heavy atom. The van der Waals surface area contributed by atoms with Crippen LogP contribution in [-0.4, -0.2) is 6.54 Å². The van der Waals surface area contributed by atoms with Crippen LogP contribution in [0.3, 0.4) is 0 Å². The molecule has 0 amide bonds. The highest BCUT2D eigenvalue weighted by molar-refractivity contribution is 4.86. The predicted molar refractivity (Wildman–Crippen MR) is 58.6 cm³/mol. The summed E-state index contributed by atoms with van der Waals surface area (Å²) in [4.78, 5) is 0. The molecule has 0 aromatic rings. The van der Waals surface area contributed by atoms with Crippen molar-refractivity contribution >= 4 is 0 Å². The smallest absolute Gasteiger partial charge is 0.00746 e. The summed E-state index contributed by atoms with van der Waals surface area (Å²) in [6.45, 7) is 3.07. The molecule has 76 valence electrons. The van der Waals surface area contributed by atoms with Crippen molar-refractivity contribution in [2.75, 3.05) is 6.54 Å². The van der Waals surface area contributed by atoms with Gasteiger partial charge in [-0.25, -0.2) is 0 Å². The molecule has 1 heteroatoms. The molecule has 0 saturated heterocycles. The average Bonchev–Trinajstić information content (AvgIpc) is 2.54. The van der Waals surface area contributed by atoms with E-state index in [1.807, 2.05) is 0 Å². The molecule has 2 N–H and O–H groups in total. The van der Waals surface area contributed by atoms with E-state index >= 15 is 0 Å². The molecule has 0 aliphatic heterocycles. The van der Waals surface area contributed by atoms with Crippen LogP contribution in [0.25, 0.3) is 0 Å². The van der Waals surface area contributed by atoms with E-state index in [9.17, 15) is 0 Å². The molecule has 0 spiro atoms. The fraction of sp³-hybridized carbons (Fsp3) is 0.833. The highest BCUT2D eigenvalue weighted by Gasteiger charge is 2.22. The fourth-order valence-electron chi connectivity index (χ4n) is 2.35. The standard InChI is InChI=1S/C12H23N/c1-2-3-4-5-11-6-7-12(10-11)8-9-13/h3-4,11-12H,2,5-10,13H2,1H3/b4-3+. The third-order valence-electron chi connectivity index (χ3n) is 3.10. The highest BCUT2D eigenvalue weighted by atomic mass is 14.5. The third-order valence-corrected chi connectivity index (χ3v) is 3.10. The van der Waals surface area contributed by atoms with Gasteiger partial charge in [0.15, 0.2) is 0 Å². The maximum atomic E-state index is 5.56. The van der Waals surface area contributed by atoms with E-state index in [1.54, 1.807) is 0 Å². The molecular weight excluding hydrogens is 158 g/mol. The molecule has 1 rings (SSSR count). The van der Waals surface area contributed by atoms with Gasteiger partial charge in [0.2, 0.25) is 0 Å². The van der Waals surface area contributed by atoms with Gasteiger partial charge in [-0.05, 0) is 50.5 Å². The van der Waals surface area contributed by atoms with Crippen LogP contribution in [0.5, 0.6) is 0 Å². The zero-order chi connectivity index (χ0) is 9.52. The molecule has 1 aliphatic carbocycles. The minimum Gasteiger partial charge on any atom is -0.330 e. The molecule has 1 fully saturated rings. The van der Waals surface area contributed by atoms with Crippen molar-refractivity contribution < 1.29 is 0 Å².